The molecule has 1 amide bonds. The van der Waals surface area contributed by atoms with Gasteiger partial charge < -0.3 is 9.80 Å². The lowest BCUT2D eigenvalue weighted by Crippen LogP contribution is -2.46. The monoisotopic (exact) mass is 338 g/mol. The predicted molar refractivity (Wildman–Crippen MR) is 91.8 cm³/mol. The van der Waals surface area contributed by atoms with Gasteiger partial charge in [-0.05, 0) is 43.0 Å². The second-order valence-corrected chi connectivity index (χ2v) is 6.91. The van der Waals surface area contributed by atoms with E-state index in [2.05, 4.69) is 18.7 Å². The van der Waals surface area contributed by atoms with Crippen molar-refractivity contribution in [3.8, 4) is 0 Å². The molecule has 0 saturated carbocycles. The standard InChI is InChI=1S/C19H28F2N2O/c1-15(2)18-14-22(11-4-3-10-20)12-9-19(24)23(18)13-16-5-7-17(21)8-6-16/h5-8,15,18H,3-4,9-14H2,1-2H3/t18-/m0/s1. The molecule has 1 aromatic rings. The number of carbonyl (C=O) groups is 1. The van der Waals surface area contributed by atoms with Crippen molar-refractivity contribution in [1.82, 2.24) is 9.80 Å². The van der Waals surface area contributed by atoms with Gasteiger partial charge in [-0.15, -0.1) is 0 Å². The molecule has 2 rings (SSSR count). The highest BCUT2D eigenvalue weighted by molar-refractivity contribution is 5.77. The molecule has 1 aliphatic heterocycles. The minimum Gasteiger partial charge on any atom is -0.334 e. The van der Waals surface area contributed by atoms with Gasteiger partial charge in [0.25, 0.3) is 0 Å². The minimum atomic E-state index is -0.281. The fourth-order valence-corrected chi connectivity index (χ4v) is 3.23. The van der Waals surface area contributed by atoms with Crippen molar-refractivity contribution in [2.24, 2.45) is 5.92 Å². The van der Waals surface area contributed by atoms with Crippen molar-refractivity contribution < 1.29 is 13.6 Å². The molecule has 1 saturated heterocycles. The van der Waals surface area contributed by atoms with Crippen LogP contribution < -0.4 is 0 Å². The lowest BCUT2D eigenvalue weighted by Gasteiger charge is -2.35. The third kappa shape index (κ3) is 5.26. The van der Waals surface area contributed by atoms with Crippen molar-refractivity contribution in [2.75, 3.05) is 26.3 Å². The average Bonchev–Trinajstić information content (AvgIpc) is 2.70. The van der Waals surface area contributed by atoms with Gasteiger partial charge in [0, 0.05) is 32.1 Å². The lowest BCUT2D eigenvalue weighted by molar-refractivity contribution is -0.134. The van der Waals surface area contributed by atoms with E-state index in [4.69, 9.17) is 0 Å². The lowest BCUT2D eigenvalue weighted by atomic mass is 10.0. The Morgan fingerprint density at radius 1 is 1.21 bits per heavy atom. The van der Waals surface area contributed by atoms with Crippen LogP contribution in [0.25, 0.3) is 0 Å². The molecule has 3 nitrogen and oxygen atoms in total. The summed E-state index contributed by atoms with van der Waals surface area (Å²) in [6.45, 7) is 6.87. The number of hydrogen-bond donors (Lipinski definition) is 0. The Hall–Kier alpha value is -1.49. The van der Waals surface area contributed by atoms with Gasteiger partial charge in [0.15, 0.2) is 0 Å². The van der Waals surface area contributed by atoms with Crippen LogP contribution in [0.15, 0.2) is 24.3 Å². The van der Waals surface area contributed by atoms with E-state index in [0.29, 0.717) is 25.3 Å². The highest BCUT2D eigenvalue weighted by Crippen LogP contribution is 2.21. The van der Waals surface area contributed by atoms with Crippen LogP contribution in [0.4, 0.5) is 8.78 Å². The van der Waals surface area contributed by atoms with Gasteiger partial charge in [0.1, 0.15) is 5.82 Å². The number of benzene rings is 1. The summed E-state index contributed by atoms with van der Waals surface area (Å²) in [6, 6.07) is 6.47. The largest absolute Gasteiger partial charge is 0.334 e. The van der Waals surface area contributed by atoms with E-state index < -0.39 is 0 Å². The van der Waals surface area contributed by atoms with Gasteiger partial charge in [-0.1, -0.05) is 26.0 Å². The summed E-state index contributed by atoms with van der Waals surface area (Å²) in [7, 11) is 0. The predicted octanol–water partition coefficient (Wildman–Crippen LogP) is 3.63. The number of carbonyl (C=O) groups excluding carboxylic acids is 1. The van der Waals surface area contributed by atoms with Gasteiger partial charge >= 0.3 is 0 Å². The highest BCUT2D eigenvalue weighted by Gasteiger charge is 2.31. The molecule has 1 aliphatic rings. The van der Waals surface area contributed by atoms with Crippen LogP contribution in [0.3, 0.4) is 0 Å². The molecule has 1 aromatic carbocycles. The first-order valence-electron chi connectivity index (χ1n) is 8.83. The summed E-state index contributed by atoms with van der Waals surface area (Å²) < 4.78 is 25.4. The highest BCUT2D eigenvalue weighted by atomic mass is 19.1. The maximum absolute atomic E-state index is 13.1. The number of unbranched alkanes of at least 4 members (excludes halogenated alkanes) is 1. The number of halogens is 2. The first-order chi connectivity index (χ1) is 11.5. The van der Waals surface area contributed by atoms with Crippen LogP contribution >= 0.6 is 0 Å². The fraction of sp³-hybridized carbons (Fsp3) is 0.632. The van der Waals surface area contributed by atoms with E-state index in [1.165, 1.54) is 12.1 Å². The van der Waals surface area contributed by atoms with Crippen molar-refractivity contribution in [1.29, 1.82) is 0 Å². The van der Waals surface area contributed by atoms with Crippen LogP contribution in [0, 0.1) is 11.7 Å². The Morgan fingerprint density at radius 3 is 2.54 bits per heavy atom. The molecule has 0 radical (unpaired) electrons. The molecule has 1 fully saturated rings. The molecule has 5 heteroatoms. The summed E-state index contributed by atoms with van der Waals surface area (Å²) in [6.07, 6.45) is 1.89. The molecule has 0 N–H and O–H groups in total. The first-order valence-corrected chi connectivity index (χ1v) is 8.83. The Labute approximate surface area is 143 Å². The molecule has 0 unspecified atom stereocenters. The molecular weight excluding hydrogens is 310 g/mol. The second kappa shape index (κ2) is 9.11. The molecule has 0 spiro atoms. The van der Waals surface area contributed by atoms with Gasteiger partial charge in [-0.2, -0.15) is 0 Å². The first kappa shape index (κ1) is 18.8. The molecule has 24 heavy (non-hydrogen) atoms. The van der Waals surface area contributed by atoms with Crippen molar-refractivity contribution in [2.45, 2.75) is 45.7 Å². The van der Waals surface area contributed by atoms with Crippen molar-refractivity contribution >= 4 is 5.91 Å². The van der Waals surface area contributed by atoms with E-state index in [1.54, 1.807) is 12.1 Å². The van der Waals surface area contributed by atoms with Gasteiger partial charge in [0.05, 0.1) is 6.67 Å². The smallest absolute Gasteiger partial charge is 0.224 e. The van der Waals surface area contributed by atoms with Crippen LogP contribution in [-0.4, -0.2) is 48.1 Å². The molecule has 0 bridgehead atoms. The molecule has 0 aliphatic carbocycles. The quantitative estimate of drug-likeness (QED) is 0.709. The Balaban J connectivity index is 2.09. The summed E-state index contributed by atoms with van der Waals surface area (Å²) in [5.74, 6) is 0.211. The van der Waals surface area contributed by atoms with E-state index in [-0.39, 0.29) is 24.4 Å². The van der Waals surface area contributed by atoms with E-state index in [9.17, 15) is 13.6 Å². The SMILES string of the molecule is CC(C)[C@@H]1CN(CCCCF)CCC(=O)N1Cc1ccc(F)cc1. The van der Waals surface area contributed by atoms with Gasteiger partial charge in [-0.25, -0.2) is 4.39 Å². The fourth-order valence-electron chi connectivity index (χ4n) is 3.23. The summed E-state index contributed by atoms with van der Waals surface area (Å²) in [4.78, 5) is 16.9. The third-order valence-corrected chi connectivity index (χ3v) is 4.70. The zero-order valence-corrected chi connectivity index (χ0v) is 14.7. The summed E-state index contributed by atoms with van der Waals surface area (Å²) >= 11 is 0. The molecule has 0 aromatic heterocycles. The van der Waals surface area contributed by atoms with Crippen LogP contribution in [0.5, 0.6) is 0 Å². The number of nitrogens with zero attached hydrogens (tertiary/aromatic N) is 2. The third-order valence-electron chi connectivity index (χ3n) is 4.70. The normalized spacial score (nSPS) is 19.8. The van der Waals surface area contributed by atoms with Crippen LogP contribution in [-0.2, 0) is 11.3 Å². The van der Waals surface area contributed by atoms with Crippen molar-refractivity contribution in [3.05, 3.63) is 35.6 Å². The summed E-state index contributed by atoms with van der Waals surface area (Å²) in [5, 5.41) is 0. The number of rotatable bonds is 7. The Kier molecular flexibility index (Phi) is 7.16. The molecule has 1 atom stereocenters. The number of alkyl halides is 1. The van der Waals surface area contributed by atoms with E-state index in [0.717, 1.165) is 31.6 Å². The van der Waals surface area contributed by atoms with E-state index >= 15 is 0 Å². The zero-order chi connectivity index (χ0) is 17.5. The number of amides is 1. The Bertz CT molecular complexity index is 519. The summed E-state index contributed by atoms with van der Waals surface area (Å²) in [5.41, 5.74) is 0.946. The van der Waals surface area contributed by atoms with Gasteiger partial charge in [0.2, 0.25) is 5.91 Å². The zero-order valence-electron chi connectivity index (χ0n) is 14.7. The second-order valence-electron chi connectivity index (χ2n) is 6.91. The minimum absolute atomic E-state index is 0.121. The average molecular weight is 338 g/mol. The van der Waals surface area contributed by atoms with Crippen molar-refractivity contribution in [3.63, 3.8) is 0 Å². The topological polar surface area (TPSA) is 23.6 Å². The molecular formula is C19H28F2N2O. The van der Waals surface area contributed by atoms with Gasteiger partial charge in [-0.3, -0.25) is 9.18 Å². The Morgan fingerprint density at radius 2 is 1.92 bits per heavy atom. The molecule has 1 heterocycles. The molecule has 134 valence electrons. The maximum Gasteiger partial charge on any atom is 0.224 e. The van der Waals surface area contributed by atoms with Crippen LogP contribution in [0.2, 0.25) is 0 Å². The maximum atomic E-state index is 13.1. The van der Waals surface area contributed by atoms with Crippen LogP contribution in [0.1, 0.15) is 38.7 Å². The van der Waals surface area contributed by atoms with E-state index in [1.807, 2.05) is 4.90 Å². The number of hydrogen-bond acceptors (Lipinski definition) is 2.